The Balaban J connectivity index is 2.25. The van der Waals surface area contributed by atoms with Crippen molar-refractivity contribution in [3.05, 3.63) is 57.7 Å². The molecule has 0 unspecified atom stereocenters. The topological polar surface area (TPSA) is 94.2 Å². The SMILES string of the molecule is Cc1ccc(CNS(=O)(=O)c2ccc(F)c([N+](=O)[O-])c2)n1C. The van der Waals surface area contributed by atoms with E-state index in [-0.39, 0.29) is 11.4 Å². The van der Waals surface area contributed by atoms with Crippen LogP contribution in [0.4, 0.5) is 10.1 Å². The van der Waals surface area contributed by atoms with E-state index in [0.717, 1.165) is 23.5 Å². The minimum atomic E-state index is -3.97. The molecule has 7 nitrogen and oxygen atoms in total. The van der Waals surface area contributed by atoms with Crippen LogP contribution in [0.25, 0.3) is 0 Å². The van der Waals surface area contributed by atoms with Crippen LogP contribution < -0.4 is 4.72 Å². The van der Waals surface area contributed by atoms with Gasteiger partial charge in [-0.1, -0.05) is 0 Å². The zero-order valence-corrected chi connectivity index (χ0v) is 12.7. The fourth-order valence-corrected chi connectivity index (χ4v) is 2.91. The normalized spacial score (nSPS) is 11.6. The lowest BCUT2D eigenvalue weighted by Gasteiger charge is -2.08. The van der Waals surface area contributed by atoms with Crippen molar-refractivity contribution in [2.75, 3.05) is 0 Å². The average molecular weight is 327 g/mol. The molecule has 1 heterocycles. The summed E-state index contributed by atoms with van der Waals surface area (Å²) in [5, 5.41) is 10.7. The van der Waals surface area contributed by atoms with E-state index in [1.165, 1.54) is 0 Å². The van der Waals surface area contributed by atoms with Gasteiger partial charge in [0.1, 0.15) is 0 Å². The van der Waals surface area contributed by atoms with Crippen LogP contribution in [0, 0.1) is 22.9 Å². The molecule has 118 valence electrons. The van der Waals surface area contributed by atoms with Crippen LogP contribution in [0.5, 0.6) is 0 Å². The Hall–Kier alpha value is -2.26. The zero-order chi connectivity index (χ0) is 16.5. The molecular weight excluding hydrogens is 313 g/mol. The molecule has 0 saturated carbocycles. The van der Waals surface area contributed by atoms with E-state index < -0.39 is 26.5 Å². The van der Waals surface area contributed by atoms with Gasteiger partial charge in [0.2, 0.25) is 15.8 Å². The van der Waals surface area contributed by atoms with E-state index in [4.69, 9.17) is 0 Å². The molecular formula is C13H14FN3O4S. The summed E-state index contributed by atoms with van der Waals surface area (Å²) in [6.07, 6.45) is 0. The van der Waals surface area contributed by atoms with E-state index in [2.05, 4.69) is 4.72 Å². The molecule has 0 aliphatic heterocycles. The number of nitrogens with zero attached hydrogens (tertiary/aromatic N) is 2. The molecule has 22 heavy (non-hydrogen) atoms. The smallest absolute Gasteiger partial charge is 0.306 e. The monoisotopic (exact) mass is 327 g/mol. The van der Waals surface area contributed by atoms with Crippen LogP contribution in [-0.2, 0) is 23.6 Å². The first kappa shape index (κ1) is 16.1. The summed E-state index contributed by atoms with van der Waals surface area (Å²) in [5.41, 5.74) is 0.821. The van der Waals surface area contributed by atoms with E-state index in [1.54, 1.807) is 13.1 Å². The number of halogens is 1. The Bertz CT molecular complexity index is 830. The maximum absolute atomic E-state index is 13.3. The van der Waals surface area contributed by atoms with Gasteiger partial charge in [0.25, 0.3) is 0 Å². The van der Waals surface area contributed by atoms with E-state index in [1.807, 2.05) is 17.6 Å². The number of benzene rings is 1. The lowest BCUT2D eigenvalue weighted by molar-refractivity contribution is -0.387. The first-order chi connectivity index (χ1) is 10.2. The van der Waals surface area contributed by atoms with E-state index >= 15 is 0 Å². The van der Waals surface area contributed by atoms with Gasteiger partial charge in [0.05, 0.1) is 16.4 Å². The van der Waals surface area contributed by atoms with Crippen LogP contribution in [0.3, 0.4) is 0 Å². The molecule has 1 N–H and O–H groups in total. The molecule has 0 fully saturated rings. The number of aromatic nitrogens is 1. The molecule has 0 amide bonds. The highest BCUT2D eigenvalue weighted by Gasteiger charge is 2.21. The molecule has 0 aliphatic carbocycles. The standard InChI is InChI=1S/C13H14FN3O4S/c1-9-3-4-10(16(9)2)8-15-22(20,21)11-5-6-12(14)13(7-11)17(18)19/h3-7,15H,8H2,1-2H3. The third kappa shape index (κ3) is 3.15. The van der Waals surface area contributed by atoms with Crippen LogP contribution in [-0.4, -0.2) is 17.9 Å². The summed E-state index contributed by atoms with van der Waals surface area (Å²) in [4.78, 5) is 9.36. The maximum atomic E-state index is 13.3. The van der Waals surface area contributed by atoms with Crippen molar-refractivity contribution >= 4 is 15.7 Å². The minimum Gasteiger partial charge on any atom is -0.351 e. The fraction of sp³-hybridized carbons (Fsp3) is 0.231. The largest absolute Gasteiger partial charge is 0.351 e. The van der Waals surface area contributed by atoms with Crippen molar-refractivity contribution < 1.29 is 17.7 Å². The molecule has 0 radical (unpaired) electrons. The summed E-state index contributed by atoms with van der Waals surface area (Å²) in [6, 6.07) is 6.06. The lowest BCUT2D eigenvalue weighted by Crippen LogP contribution is -2.24. The average Bonchev–Trinajstić information content (AvgIpc) is 2.76. The van der Waals surface area contributed by atoms with Gasteiger partial charge >= 0.3 is 5.69 Å². The first-order valence-electron chi connectivity index (χ1n) is 6.27. The lowest BCUT2D eigenvalue weighted by atomic mass is 10.3. The predicted octanol–water partition coefficient (Wildman–Crippen LogP) is 1.86. The minimum absolute atomic E-state index is 0.0256. The van der Waals surface area contributed by atoms with Crippen molar-refractivity contribution in [1.29, 1.82) is 0 Å². The first-order valence-corrected chi connectivity index (χ1v) is 7.75. The molecule has 0 atom stereocenters. The summed E-state index contributed by atoms with van der Waals surface area (Å²) in [5.74, 6) is -1.08. The van der Waals surface area contributed by atoms with Crippen LogP contribution in [0.15, 0.2) is 35.2 Å². The Morgan fingerprint density at radius 3 is 2.55 bits per heavy atom. The fourth-order valence-electron chi connectivity index (χ4n) is 1.90. The number of nitro benzene ring substituents is 1. The van der Waals surface area contributed by atoms with Crippen molar-refractivity contribution in [2.24, 2.45) is 7.05 Å². The second-order valence-electron chi connectivity index (χ2n) is 4.72. The summed E-state index contributed by atoms with van der Waals surface area (Å²) < 4.78 is 41.7. The van der Waals surface area contributed by atoms with Gasteiger partial charge in [-0.3, -0.25) is 10.1 Å². The van der Waals surface area contributed by atoms with Crippen LogP contribution in [0.2, 0.25) is 0 Å². The highest BCUT2D eigenvalue weighted by atomic mass is 32.2. The Kier molecular flexibility index (Phi) is 4.29. The molecule has 9 heteroatoms. The van der Waals surface area contributed by atoms with Crippen LogP contribution in [0.1, 0.15) is 11.4 Å². The number of sulfonamides is 1. The highest BCUT2D eigenvalue weighted by molar-refractivity contribution is 7.89. The predicted molar refractivity (Wildman–Crippen MR) is 77.2 cm³/mol. The molecule has 0 spiro atoms. The van der Waals surface area contributed by atoms with E-state index in [9.17, 15) is 22.9 Å². The Labute approximate surface area is 126 Å². The van der Waals surface area contributed by atoms with Crippen molar-refractivity contribution in [3.63, 3.8) is 0 Å². The third-order valence-corrected chi connectivity index (χ3v) is 4.74. The highest BCUT2D eigenvalue weighted by Crippen LogP contribution is 2.21. The number of rotatable bonds is 5. The van der Waals surface area contributed by atoms with Crippen molar-refractivity contribution in [2.45, 2.75) is 18.4 Å². The van der Waals surface area contributed by atoms with Gasteiger partial charge in [-0.05, 0) is 31.2 Å². The summed E-state index contributed by atoms with van der Waals surface area (Å²) >= 11 is 0. The zero-order valence-electron chi connectivity index (χ0n) is 11.9. The van der Waals surface area contributed by atoms with Gasteiger partial charge in [0.15, 0.2) is 0 Å². The van der Waals surface area contributed by atoms with Gasteiger partial charge in [-0.15, -0.1) is 0 Å². The Morgan fingerprint density at radius 1 is 1.32 bits per heavy atom. The molecule has 0 aliphatic rings. The Morgan fingerprint density at radius 2 is 2.00 bits per heavy atom. The summed E-state index contributed by atoms with van der Waals surface area (Å²) in [6.45, 7) is 1.90. The number of hydrogen-bond acceptors (Lipinski definition) is 4. The number of aryl methyl sites for hydroxylation is 1. The third-order valence-electron chi connectivity index (χ3n) is 3.34. The van der Waals surface area contributed by atoms with Crippen LogP contribution >= 0.6 is 0 Å². The molecule has 2 aromatic rings. The van der Waals surface area contributed by atoms with E-state index in [0.29, 0.717) is 6.07 Å². The molecule has 2 rings (SSSR count). The second-order valence-corrected chi connectivity index (χ2v) is 6.49. The number of nitro groups is 1. The number of hydrogen-bond donors (Lipinski definition) is 1. The summed E-state index contributed by atoms with van der Waals surface area (Å²) in [7, 11) is -2.18. The van der Waals surface area contributed by atoms with Gasteiger partial charge in [-0.2, -0.15) is 4.39 Å². The quantitative estimate of drug-likeness (QED) is 0.670. The van der Waals surface area contributed by atoms with Crippen molar-refractivity contribution in [3.8, 4) is 0 Å². The maximum Gasteiger partial charge on any atom is 0.306 e. The molecule has 0 saturated heterocycles. The van der Waals surface area contributed by atoms with Crippen molar-refractivity contribution in [1.82, 2.24) is 9.29 Å². The molecule has 1 aromatic heterocycles. The molecule has 1 aromatic carbocycles. The van der Waals surface area contributed by atoms with Gasteiger partial charge in [0, 0.05) is 24.5 Å². The second kappa shape index (κ2) is 5.85. The number of nitrogens with one attached hydrogen (secondary N) is 1. The molecule has 0 bridgehead atoms. The van der Waals surface area contributed by atoms with Gasteiger partial charge in [-0.25, -0.2) is 13.1 Å². The van der Waals surface area contributed by atoms with Gasteiger partial charge < -0.3 is 4.57 Å².